The summed E-state index contributed by atoms with van der Waals surface area (Å²) >= 11 is 6.18. The van der Waals surface area contributed by atoms with Gasteiger partial charge in [0.2, 0.25) is 0 Å². The van der Waals surface area contributed by atoms with Crippen molar-refractivity contribution in [3.63, 3.8) is 0 Å². The monoisotopic (exact) mass is 432 g/mol. The highest BCUT2D eigenvalue weighted by atomic mass is 35.5. The van der Waals surface area contributed by atoms with E-state index in [0.29, 0.717) is 28.7 Å². The average molecular weight is 433 g/mol. The summed E-state index contributed by atoms with van der Waals surface area (Å²) in [6.07, 6.45) is 0. The number of halogens is 2. The highest BCUT2D eigenvalue weighted by molar-refractivity contribution is 6.31. The van der Waals surface area contributed by atoms with Crippen molar-refractivity contribution in [3.05, 3.63) is 79.1 Å². The molecule has 7 nitrogen and oxygen atoms in total. The van der Waals surface area contributed by atoms with Crippen molar-refractivity contribution in [1.29, 1.82) is 0 Å². The number of aryl methyl sites for hydroxylation is 1. The van der Waals surface area contributed by atoms with Gasteiger partial charge in [-0.15, -0.1) is 0 Å². The molecule has 0 fully saturated rings. The van der Waals surface area contributed by atoms with E-state index in [-0.39, 0.29) is 11.6 Å². The zero-order valence-electron chi connectivity index (χ0n) is 16.8. The van der Waals surface area contributed by atoms with Crippen molar-refractivity contribution < 1.29 is 9.18 Å². The Labute approximate surface area is 177 Å². The van der Waals surface area contributed by atoms with Crippen LogP contribution in [0.2, 0.25) is 5.02 Å². The number of nitrogens with zero attached hydrogens (tertiary/aromatic N) is 2. The maximum absolute atomic E-state index is 14.3. The van der Waals surface area contributed by atoms with Crippen LogP contribution in [0.4, 0.5) is 4.39 Å². The second-order valence-electron chi connectivity index (χ2n) is 7.06. The number of aromatic nitrogens is 2. The maximum atomic E-state index is 14.3. The lowest BCUT2D eigenvalue weighted by molar-refractivity contribution is 0.0941. The number of hydrogen-bond donors (Lipinski definition) is 2. The topological polar surface area (TPSA) is 87.2 Å². The van der Waals surface area contributed by atoms with Crippen LogP contribution in [0.5, 0.6) is 0 Å². The van der Waals surface area contributed by atoms with Crippen LogP contribution in [0.25, 0.3) is 11.0 Å². The molecular formula is C21H22ClFN4O3. The Hall–Kier alpha value is -2.97. The van der Waals surface area contributed by atoms with Crippen molar-refractivity contribution in [2.75, 3.05) is 20.6 Å². The quantitative estimate of drug-likeness (QED) is 0.586. The fraction of sp³-hybridized carbons (Fsp3) is 0.286. The summed E-state index contributed by atoms with van der Waals surface area (Å²) in [5.74, 6) is -0.845. The molecule has 0 aliphatic rings. The first-order chi connectivity index (χ1) is 14.2. The third kappa shape index (κ3) is 4.15. The molecule has 30 heavy (non-hydrogen) atoms. The van der Waals surface area contributed by atoms with E-state index in [0.717, 1.165) is 0 Å². The average Bonchev–Trinajstić information content (AvgIpc) is 2.70. The molecule has 2 N–H and O–H groups in total. The van der Waals surface area contributed by atoms with Crippen LogP contribution in [-0.4, -0.2) is 41.0 Å². The van der Waals surface area contributed by atoms with E-state index in [9.17, 15) is 18.8 Å². The summed E-state index contributed by atoms with van der Waals surface area (Å²) in [6.45, 7) is 2.21. The summed E-state index contributed by atoms with van der Waals surface area (Å²) in [5.41, 5.74) is 0.135. The van der Waals surface area contributed by atoms with Crippen LogP contribution < -0.4 is 16.4 Å². The van der Waals surface area contributed by atoms with Crippen LogP contribution in [0.3, 0.4) is 0 Å². The van der Waals surface area contributed by atoms with E-state index in [2.05, 4.69) is 10.3 Å². The van der Waals surface area contributed by atoms with Gasteiger partial charge in [0, 0.05) is 29.2 Å². The summed E-state index contributed by atoms with van der Waals surface area (Å²) in [5, 5.41) is 3.07. The summed E-state index contributed by atoms with van der Waals surface area (Å²) < 4.78 is 15.7. The highest BCUT2D eigenvalue weighted by Gasteiger charge is 2.22. The van der Waals surface area contributed by atoms with Gasteiger partial charge in [-0.2, -0.15) is 0 Å². The van der Waals surface area contributed by atoms with E-state index in [1.807, 2.05) is 0 Å². The number of likely N-dealkylation sites (N-methyl/N-ethyl adjacent to an activating group) is 1. The number of aromatic amines is 1. The van der Waals surface area contributed by atoms with Crippen LogP contribution in [0, 0.1) is 5.82 Å². The number of carbonyl (C=O) groups excluding carboxylic acids is 1. The second kappa shape index (κ2) is 8.81. The molecule has 0 radical (unpaired) electrons. The van der Waals surface area contributed by atoms with Gasteiger partial charge < -0.3 is 19.8 Å². The van der Waals surface area contributed by atoms with Crippen molar-refractivity contribution >= 4 is 28.5 Å². The smallest absolute Gasteiger partial charge is 0.316 e. The maximum Gasteiger partial charge on any atom is 0.316 e. The number of benzene rings is 2. The first kappa shape index (κ1) is 21.7. The van der Waals surface area contributed by atoms with Gasteiger partial charge in [0.05, 0.1) is 17.1 Å². The second-order valence-corrected chi connectivity index (χ2v) is 7.47. The Kier molecular flexibility index (Phi) is 6.38. The van der Waals surface area contributed by atoms with Crippen molar-refractivity contribution in [2.45, 2.75) is 19.5 Å². The molecule has 0 unspecified atom stereocenters. The number of rotatable bonds is 6. The van der Waals surface area contributed by atoms with Gasteiger partial charge in [0.15, 0.2) is 0 Å². The first-order valence-corrected chi connectivity index (χ1v) is 9.77. The van der Waals surface area contributed by atoms with E-state index in [4.69, 9.17) is 11.6 Å². The molecule has 1 amide bonds. The number of carbonyl (C=O) groups is 1. The first-order valence-electron chi connectivity index (χ1n) is 9.40. The fourth-order valence-corrected chi connectivity index (χ4v) is 3.69. The van der Waals surface area contributed by atoms with Crippen LogP contribution in [0.1, 0.15) is 28.9 Å². The SMILES string of the molecule is CCn1c(=O)c(=O)[nH]c2cc(C(=O)NC[C@@H](c3c(F)cccc3Cl)N(C)C)ccc21. The van der Waals surface area contributed by atoms with Crippen molar-refractivity contribution in [3.8, 4) is 0 Å². The number of nitrogens with one attached hydrogen (secondary N) is 2. The molecule has 0 saturated carbocycles. The molecule has 3 aromatic rings. The van der Waals surface area contributed by atoms with Gasteiger partial charge in [-0.3, -0.25) is 14.4 Å². The third-order valence-corrected chi connectivity index (χ3v) is 5.30. The minimum atomic E-state index is -0.747. The summed E-state index contributed by atoms with van der Waals surface area (Å²) in [7, 11) is 3.54. The molecule has 1 aromatic heterocycles. The lowest BCUT2D eigenvalue weighted by Crippen LogP contribution is -2.36. The molecule has 0 bridgehead atoms. The molecule has 0 saturated heterocycles. The van der Waals surface area contributed by atoms with E-state index < -0.39 is 28.9 Å². The van der Waals surface area contributed by atoms with Gasteiger partial charge in [0.1, 0.15) is 5.82 Å². The highest BCUT2D eigenvalue weighted by Crippen LogP contribution is 2.28. The zero-order chi connectivity index (χ0) is 22.0. The molecule has 1 atom stereocenters. The predicted octanol–water partition coefficient (Wildman–Crippen LogP) is 2.53. The molecule has 9 heteroatoms. The van der Waals surface area contributed by atoms with Crippen LogP contribution >= 0.6 is 11.6 Å². The summed E-state index contributed by atoms with van der Waals surface area (Å²) in [6, 6.07) is 8.67. The third-order valence-electron chi connectivity index (χ3n) is 4.97. The van der Waals surface area contributed by atoms with E-state index >= 15 is 0 Å². The number of hydrogen-bond acceptors (Lipinski definition) is 4. The van der Waals surface area contributed by atoms with Gasteiger partial charge in [-0.05, 0) is 51.4 Å². The Morgan fingerprint density at radius 2 is 2.00 bits per heavy atom. The van der Waals surface area contributed by atoms with E-state index in [1.54, 1.807) is 44.1 Å². The van der Waals surface area contributed by atoms with Gasteiger partial charge in [-0.25, -0.2) is 4.39 Å². The molecule has 0 aliphatic heterocycles. The molecule has 0 spiro atoms. The molecule has 2 aromatic carbocycles. The predicted molar refractivity (Wildman–Crippen MR) is 115 cm³/mol. The number of H-pyrrole nitrogens is 1. The Morgan fingerprint density at radius 3 is 2.63 bits per heavy atom. The minimum Gasteiger partial charge on any atom is -0.350 e. The Bertz CT molecular complexity index is 1200. The van der Waals surface area contributed by atoms with Crippen molar-refractivity contribution in [1.82, 2.24) is 19.8 Å². The van der Waals surface area contributed by atoms with Gasteiger partial charge in [-0.1, -0.05) is 17.7 Å². The molecular weight excluding hydrogens is 411 g/mol. The zero-order valence-corrected chi connectivity index (χ0v) is 17.6. The fourth-order valence-electron chi connectivity index (χ4n) is 3.40. The molecule has 0 aliphatic carbocycles. The molecule has 158 valence electrons. The lowest BCUT2D eigenvalue weighted by Gasteiger charge is -2.26. The number of fused-ring (bicyclic) bond motifs is 1. The Balaban J connectivity index is 1.88. The van der Waals surface area contributed by atoms with Gasteiger partial charge in [0.25, 0.3) is 5.91 Å². The standard InChI is InChI=1S/C21H22ClFN4O3/c1-4-27-16-9-8-12(10-15(16)25-20(29)21(27)30)19(28)24-11-17(26(2)3)18-13(22)6-5-7-14(18)23/h5-10,17H,4,11H2,1-3H3,(H,24,28)(H,25,29)/t17-/m0/s1. The van der Waals surface area contributed by atoms with E-state index in [1.165, 1.54) is 22.8 Å². The van der Waals surface area contributed by atoms with Gasteiger partial charge >= 0.3 is 11.1 Å². The minimum absolute atomic E-state index is 0.121. The van der Waals surface area contributed by atoms with Crippen molar-refractivity contribution in [2.24, 2.45) is 0 Å². The largest absolute Gasteiger partial charge is 0.350 e. The normalized spacial score (nSPS) is 12.3. The van der Waals surface area contributed by atoms with Crippen LogP contribution in [0.15, 0.2) is 46.0 Å². The Morgan fingerprint density at radius 1 is 1.27 bits per heavy atom. The van der Waals surface area contributed by atoms with Crippen LogP contribution in [-0.2, 0) is 6.54 Å². The lowest BCUT2D eigenvalue weighted by atomic mass is 10.0. The number of amides is 1. The summed E-state index contributed by atoms with van der Waals surface area (Å²) in [4.78, 5) is 40.8. The molecule has 1 heterocycles. The molecule has 3 rings (SSSR count).